The molecule has 2 atom stereocenters. The zero-order valence-corrected chi connectivity index (χ0v) is 12.1. The molecule has 2 N–H and O–H groups in total. The third kappa shape index (κ3) is 3.46. The van der Waals surface area contributed by atoms with Gasteiger partial charge in [0.25, 0.3) is 0 Å². The number of nitrogens with two attached hydrogens (primary N) is 1. The Morgan fingerprint density at radius 2 is 1.89 bits per heavy atom. The molecule has 3 heteroatoms. The molecule has 2 aliphatic rings. The van der Waals surface area contributed by atoms with Crippen LogP contribution in [-0.4, -0.2) is 43.8 Å². The molecule has 0 aromatic heterocycles. The van der Waals surface area contributed by atoms with Crippen LogP contribution in [0.1, 0.15) is 39.5 Å². The molecule has 0 aromatic carbocycles. The Hall–Kier alpha value is -0.120. The Morgan fingerprint density at radius 1 is 1.17 bits per heavy atom. The third-order valence-electron chi connectivity index (χ3n) is 4.97. The molecule has 0 bridgehead atoms. The van der Waals surface area contributed by atoms with Gasteiger partial charge in [0.05, 0.1) is 6.61 Å². The highest BCUT2D eigenvalue weighted by Crippen LogP contribution is 2.28. The van der Waals surface area contributed by atoms with Gasteiger partial charge in [-0.3, -0.25) is 4.90 Å². The largest absolute Gasteiger partial charge is 0.381 e. The second-order valence-corrected chi connectivity index (χ2v) is 6.40. The summed E-state index contributed by atoms with van der Waals surface area (Å²) in [6, 6.07) is 0.554. The molecule has 3 nitrogen and oxygen atoms in total. The Morgan fingerprint density at radius 3 is 2.39 bits per heavy atom. The second kappa shape index (κ2) is 6.88. The molecular formula is C15H30N2O. The standard InChI is InChI=1S/C15H30N2O/c1-12(2)13-5-7-17(8-6-13)15(10-16)14-4-3-9-18-11-14/h12-15H,3-11,16H2,1-2H3. The summed E-state index contributed by atoms with van der Waals surface area (Å²) < 4.78 is 5.63. The monoisotopic (exact) mass is 254 g/mol. The first-order valence-corrected chi connectivity index (χ1v) is 7.74. The summed E-state index contributed by atoms with van der Waals surface area (Å²) >= 11 is 0. The Bertz CT molecular complexity index is 231. The first-order valence-electron chi connectivity index (χ1n) is 7.74. The lowest BCUT2D eigenvalue weighted by atomic mass is 9.84. The van der Waals surface area contributed by atoms with E-state index >= 15 is 0 Å². The van der Waals surface area contributed by atoms with Crippen LogP contribution in [0, 0.1) is 17.8 Å². The molecule has 2 heterocycles. The van der Waals surface area contributed by atoms with Crippen LogP contribution in [0.3, 0.4) is 0 Å². The van der Waals surface area contributed by atoms with E-state index in [2.05, 4.69) is 18.7 Å². The van der Waals surface area contributed by atoms with E-state index < -0.39 is 0 Å². The normalized spacial score (nSPS) is 29.7. The van der Waals surface area contributed by atoms with Crippen molar-refractivity contribution in [2.75, 3.05) is 32.8 Å². The highest BCUT2D eigenvalue weighted by molar-refractivity contribution is 4.85. The Kier molecular flexibility index (Phi) is 5.46. The highest BCUT2D eigenvalue weighted by atomic mass is 16.5. The number of piperidine rings is 1. The van der Waals surface area contributed by atoms with E-state index in [1.165, 1.54) is 38.8 Å². The fourth-order valence-electron chi connectivity index (χ4n) is 3.63. The number of hydrogen-bond acceptors (Lipinski definition) is 3. The first-order chi connectivity index (χ1) is 8.72. The molecule has 0 saturated carbocycles. The van der Waals surface area contributed by atoms with Crippen LogP contribution < -0.4 is 5.73 Å². The first kappa shape index (κ1) is 14.3. The van der Waals surface area contributed by atoms with Gasteiger partial charge in [-0.1, -0.05) is 13.8 Å². The molecule has 0 spiro atoms. The lowest BCUT2D eigenvalue weighted by molar-refractivity contribution is 0.000112. The minimum absolute atomic E-state index is 0.554. The lowest BCUT2D eigenvalue weighted by Crippen LogP contribution is -2.51. The van der Waals surface area contributed by atoms with Crippen LogP contribution in [0.5, 0.6) is 0 Å². The molecule has 0 aliphatic carbocycles. The summed E-state index contributed by atoms with van der Waals surface area (Å²) in [6.45, 7) is 9.85. The van der Waals surface area contributed by atoms with Crippen molar-refractivity contribution in [3.63, 3.8) is 0 Å². The minimum atomic E-state index is 0.554. The zero-order valence-electron chi connectivity index (χ0n) is 12.1. The van der Waals surface area contributed by atoms with E-state index in [9.17, 15) is 0 Å². The van der Waals surface area contributed by atoms with Crippen LogP contribution >= 0.6 is 0 Å². The maximum absolute atomic E-state index is 6.03. The van der Waals surface area contributed by atoms with Crippen molar-refractivity contribution in [3.05, 3.63) is 0 Å². The van der Waals surface area contributed by atoms with E-state index in [0.29, 0.717) is 12.0 Å². The second-order valence-electron chi connectivity index (χ2n) is 6.40. The van der Waals surface area contributed by atoms with E-state index in [1.807, 2.05) is 0 Å². The Balaban J connectivity index is 1.85. The Labute approximate surface area is 112 Å². The van der Waals surface area contributed by atoms with Gasteiger partial charge in [-0.25, -0.2) is 0 Å². The van der Waals surface area contributed by atoms with Crippen molar-refractivity contribution in [2.45, 2.75) is 45.6 Å². The van der Waals surface area contributed by atoms with E-state index in [-0.39, 0.29) is 0 Å². The summed E-state index contributed by atoms with van der Waals surface area (Å²) in [4.78, 5) is 2.64. The molecule has 2 saturated heterocycles. The van der Waals surface area contributed by atoms with Crippen molar-refractivity contribution in [3.8, 4) is 0 Å². The quantitative estimate of drug-likeness (QED) is 0.835. The van der Waals surface area contributed by atoms with Crippen molar-refractivity contribution in [2.24, 2.45) is 23.5 Å². The molecule has 2 unspecified atom stereocenters. The number of rotatable bonds is 4. The van der Waals surface area contributed by atoms with Crippen LogP contribution in [0.4, 0.5) is 0 Å². The van der Waals surface area contributed by atoms with Crippen LogP contribution in [0.2, 0.25) is 0 Å². The number of likely N-dealkylation sites (tertiary alicyclic amines) is 1. The number of ether oxygens (including phenoxy) is 1. The van der Waals surface area contributed by atoms with E-state index in [0.717, 1.165) is 31.6 Å². The molecule has 0 aromatic rings. The fraction of sp³-hybridized carbons (Fsp3) is 1.00. The van der Waals surface area contributed by atoms with Gasteiger partial charge >= 0.3 is 0 Å². The summed E-state index contributed by atoms with van der Waals surface area (Å²) in [5.74, 6) is 2.42. The molecule has 18 heavy (non-hydrogen) atoms. The maximum Gasteiger partial charge on any atom is 0.0509 e. The van der Waals surface area contributed by atoms with Gasteiger partial charge in [0.2, 0.25) is 0 Å². The zero-order chi connectivity index (χ0) is 13.0. The van der Waals surface area contributed by atoms with Gasteiger partial charge < -0.3 is 10.5 Å². The van der Waals surface area contributed by atoms with Crippen LogP contribution in [0.25, 0.3) is 0 Å². The summed E-state index contributed by atoms with van der Waals surface area (Å²) in [5.41, 5.74) is 6.03. The van der Waals surface area contributed by atoms with Gasteiger partial charge in [0.1, 0.15) is 0 Å². The van der Waals surface area contributed by atoms with Crippen LogP contribution in [0.15, 0.2) is 0 Å². The van der Waals surface area contributed by atoms with Gasteiger partial charge in [-0.15, -0.1) is 0 Å². The average molecular weight is 254 g/mol. The molecule has 2 aliphatic heterocycles. The van der Waals surface area contributed by atoms with Gasteiger partial charge in [-0.05, 0) is 56.5 Å². The van der Waals surface area contributed by atoms with Gasteiger partial charge in [0, 0.05) is 19.2 Å². The molecule has 2 fully saturated rings. The number of nitrogens with zero attached hydrogens (tertiary/aromatic N) is 1. The highest BCUT2D eigenvalue weighted by Gasteiger charge is 2.31. The van der Waals surface area contributed by atoms with Gasteiger partial charge in [-0.2, -0.15) is 0 Å². The smallest absolute Gasteiger partial charge is 0.0509 e. The van der Waals surface area contributed by atoms with Crippen molar-refractivity contribution in [1.29, 1.82) is 0 Å². The van der Waals surface area contributed by atoms with Crippen molar-refractivity contribution in [1.82, 2.24) is 4.90 Å². The third-order valence-corrected chi connectivity index (χ3v) is 4.97. The predicted octanol–water partition coefficient (Wildman–Crippen LogP) is 2.11. The molecule has 106 valence electrons. The number of hydrogen-bond donors (Lipinski definition) is 1. The van der Waals surface area contributed by atoms with Crippen LogP contribution in [-0.2, 0) is 4.74 Å². The molecular weight excluding hydrogens is 224 g/mol. The summed E-state index contributed by atoms with van der Waals surface area (Å²) in [6.07, 6.45) is 5.21. The average Bonchev–Trinajstić information content (AvgIpc) is 2.41. The van der Waals surface area contributed by atoms with E-state index in [1.54, 1.807) is 0 Å². The predicted molar refractivity (Wildman–Crippen MR) is 75.5 cm³/mol. The fourth-order valence-corrected chi connectivity index (χ4v) is 3.63. The van der Waals surface area contributed by atoms with Gasteiger partial charge in [0.15, 0.2) is 0 Å². The van der Waals surface area contributed by atoms with E-state index in [4.69, 9.17) is 10.5 Å². The molecule has 0 radical (unpaired) electrons. The molecule has 2 rings (SSSR count). The topological polar surface area (TPSA) is 38.5 Å². The SMILES string of the molecule is CC(C)C1CCN(C(CN)C2CCCOC2)CC1. The lowest BCUT2D eigenvalue weighted by Gasteiger charge is -2.42. The summed E-state index contributed by atoms with van der Waals surface area (Å²) in [5, 5.41) is 0. The van der Waals surface area contributed by atoms with Crippen molar-refractivity contribution >= 4 is 0 Å². The minimum Gasteiger partial charge on any atom is -0.381 e. The van der Waals surface area contributed by atoms with Crippen molar-refractivity contribution < 1.29 is 4.74 Å². The summed E-state index contributed by atoms with van der Waals surface area (Å²) in [7, 11) is 0. The molecule has 0 amide bonds. The maximum atomic E-state index is 6.03.